The van der Waals surface area contributed by atoms with Gasteiger partial charge in [-0.05, 0) is 50.9 Å². The molecule has 0 radical (unpaired) electrons. The Balaban J connectivity index is 2.19. The van der Waals surface area contributed by atoms with E-state index in [1.165, 1.54) is 24.0 Å². The van der Waals surface area contributed by atoms with Crippen molar-refractivity contribution in [2.24, 2.45) is 0 Å². The Hall–Kier alpha value is -1.06. The first-order chi connectivity index (χ1) is 9.28. The van der Waals surface area contributed by atoms with Crippen LogP contribution in [0.3, 0.4) is 0 Å². The van der Waals surface area contributed by atoms with E-state index in [9.17, 15) is 0 Å². The van der Waals surface area contributed by atoms with Gasteiger partial charge in [0.15, 0.2) is 0 Å². The predicted molar refractivity (Wildman–Crippen MR) is 79.8 cm³/mol. The van der Waals surface area contributed by atoms with E-state index in [2.05, 4.69) is 35.8 Å². The van der Waals surface area contributed by atoms with E-state index in [0.29, 0.717) is 12.1 Å². The number of nitrogens with one attached hydrogen (secondary N) is 2. The molecule has 2 N–H and O–H groups in total. The standard InChI is InChI=1S/C16H26N2O/c1-4-12-7-8-16(19-3)14(10-12)15(17-2)11-13-6-5-9-18-13/h7-8,10,13,15,17-18H,4-6,9,11H2,1-3H3. The quantitative estimate of drug-likeness (QED) is 0.827. The summed E-state index contributed by atoms with van der Waals surface area (Å²) in [4.78, 5) is 0. The van der Waals surface area contributed by atoms with Crippen molar-refractivity contribution in [2.45, 2.75) is 44.7 Å². The summed E-state index contributed by atoms with van der Waals surface area (Å²) in [5.74, 6) is 0.995. The van der Waals surface area contributed by atoms with Crippen LogP contribution in [0.1, 0.15) is 43.4 Å². The smallest absolute Gasteiger partial charge is 0.123 e. The zero-order valence-electron chi connectivity index (χ0n) is 12.3. The molecule has 1 aliphatic heterocycles. The predicted octanol–water partition coefficient (Wildman–Crippen LogP) is 2.66. The normalized spacial score (nSPS) is 20.5. The van der Waals surface area contributed by atoms with Crippen LogP contribution in [0.25, 0.3) is 0 Å². The summed E-state index contributed by atoms with van der Waals surface area (Å²) in [7, 11) is 3.79. The van der Waals surface area contributed by atoms with Crippen molar-refractivity contribution in [3.63, 3.8) is 0 Å². The number of hydrogen-bond acceptors (Lipinski definition) is 3. The average Bonchev–Trinajstić information content (AvgIpc) is 2.97. The topological polar surface area (TPSA) is 33.3 Å². The van der Waals surface area contributed by atoms with Crippen molar-refractivity contribution in [1.29, 1.82) is 0 Å². The van der Waals surface area contributed by atoms with E-state index in [4.69, 9.17) is 4.74 Å². The Morgan fingerprint density at radius 1 is 1.47 bits per heavy atom. The molecule has 0 spiro atoms. The molecule has 19 heavy (non-hydrogen) atoms. The maximum Gasteiger partial charge on any atom is 0.123 e. The molecule has 3 nitrogen and oxygen atoms in total. The summed E-state index contributed by atoms with van der Waals surface area (Å²) >= 11 is 0. The zero-order valence-corrected chi connectivity index (χ0v) is 12.3. The molecule has 0 saturated carbocycles. The van der Waals surface area contributed by atoms with Crippen molar-refractivity contribution < 1.29 is 4.74 Å². The Morgan fingerprint density at radius 2 is 2.32 bits per heavy atom. The summed E-state index contributed by atoms with van der Waals surface area (Å²) < 4.78 is 5.53. The largest absolute Gasteiger partial charge is 0.496 e. The van der Waals surface area contributed by atoms with Crippen molar-refractivity contribution >= 4 is 0 Å². The Labute approximate surface area is 116 Å². The van der Waals surface area contributed by atoms with Gasteiger partial charge in [-0.15, -0.1) is 0 Å². The van der Waals surface area contributed by atoms with Crippen LogP contribution in [-0.2, 0) is 6.42 Å². The van der Waals surface area contributed by atoms with Gasteiger partial charge in [0.2, 0.25) is 0 Å². The third-order valence-corrected chi connectivity index (χ3v) is 4.11. The zero-order chi connectivity index (χ0) is 13.7. The minimum atomic E-state index is 0.358. The first-order valence-electron chi connectivity index (χ1n) is 7.36. The van der Waals surface area contributed by atoms with E-state index in [1.807, 2.05) is 7.05 Å². The molecule has 0 aromatic heterocycles. The van der Waals surface area contributed by atoms with Crippen LogP contribution in [0.4, 0.5) is 0 Å². The van der Waals surface area contributed by atoms with Crippen LogP contribution < -0.4 is 15.4 Å². The molecule has 1 fully saturated rings. The fourth-order valence-corrected chi connectivity index (χ4v) is 2.92. The number of methoxy groups -OCH3 is 1. The lowest BCUT2D eigenvalue weighted by atomic mass is 9.95. The van der Waals surface area contributed by atoms with E-state index in [1.54, 1.807) is 7.11 Å². The van der Waals surface area contributed by atoms with E-state index in [-0.39, 0.29) is 0 Å². The minimum absolute atomic E-state index is 0.358. The SMILES string of the molecule is CCc1ccc(OC)c(C(CC2CCCN2)NC)c1. The number of hydrogen-bond donors (Lipinski definition) is 2. The minimum Gasteiger partial charge on any atom is -0.496 e. The van der Waals surface area contributed by atoms with Gasteiger partial charge in [0, 0.05) is 17.6 Å². The van der Waals surface area contributed by atoms with Crippen LogP contribution >= 0.6 is 0 Å². The molecule has 3 heteroatoms. The second-order valence-electron chi connectivity index (χ2n) is 5.30. The second-order valence-corrected chi connectivity index (χ2v) is 5.30. The molecule has 2 unspecified atom stereocenters. The molecule has 106 valence electrons. The van der Waals surface area contributed by atoms with Gasteiger partial charge in [0.05, 0.1) is 7.11 Å². The summed E-state index contributed by atoms with van der Waals surface area (Å²) in [6.45, 7) is 3.35. The van der Waals surface area contributed by atoms with Crippen LogP contribution in [0.15, 0.2) is 18.2 Å². The molecule has 1 aliphatic rings. The van der Waals surface area contributed by atoms with Gasteiger partial charge in [0.25, 0.3) is 0 Å². The number of rotatable bonds is 6. The van der Waals surface area contributed by atoms with E-state index in [0.717, 1.165) is 25.1 Å². The Kier molecular flexibility index (Phi) is 5.23. The monoisotopic (exact) mass is 262 g/mol. The van der Waals surface area contributed by atoms with Crippen LogP contribution in [0.2, 0.25) is 0 Å². The average molecular weight is 262 g/mol. The van der Waals surface area contributed by atoms with Crippen molar-refractivity contribution in [1.82, 2.24) is 10.6 Å². The highest BCUT2D eigenvalue weighted by molar-refractivity contribution is 5.39. The van der Waals surface area contributed by atoms with Gasteiger partial charge in [-0.25, -0.2) is 0 Å². The summed E-state index contributed by atoms with van der Waals surface area (Å²) in [6, 6.07) is 7.53. The third-order valence-electron chi connectivity index (χ3n) is 4.11. The highest BCUT2D eigenvalue weighted by atomic mass is 16.5. The van der Waals surface area contributed by atoms with Gasteiger partial charge in [-0.3, -0.25) is 0 Å². The first kappa shape index (κ1) is 14.4. The lowest BCUT2D eigenvalue weighted by Crippen LogP contribution is -2.28. The van der Waals surface area contributed by atoms with Gasteiger partial charge in [-0.2, -0.15) is 0 Å². The fourth-order valence-electron chi connectivity index (χ4n) is 2.92. The second kappa shape index (κ2) is 6.92. The van der Waals surface area contributed by atoms with Gasteiger partial charge < -0.3 is 15.4 Å². The molecule has 1 heterocycles. The molecule has 1 saturated heterocycles. The summed E-state index contributed by atoms with van der Waals surface area (Å²) in [5, 5.41) is 7.03. The molecule has 0 aliphatic carbocycles. The third kappa shape index (κ3) is 3.48. The highest BCUT2D eigenvalue weighted by Gasteiger charge is 2.22. The summed E-state index contributed by atoms with van der Waals surface area (Å²) in [5.41, 5.74) is 2.66. The maximum atomic E-state index is 5.53. The Morgan fingerprint density at radius 3 is 2.89 bits per heavy atom. The molecule has 2 rings (SSSR count). The first-order valence-corrected chi connectivity index (χ1v) is 7.36. The maximum absolute atomic E-state index is 5.53. The van der Waals surface area contributed by atoms with Crippen molar-refractivity contribution in [3.05, 3.63) is 29.3 Å². The Bertz CT molecular complexity index is 400. The molecule has 1 aromatic rings. The molecule has 0 bridgehead atoms. The molecule has 2 atom stereocenters. The number of aryl methyl sites for hydroxylation is 1. The molecular formula is C16H26N2O. The van der Waals surface area contributed by atoms with E-state index < -0.39 is 0 Å². The highest BCUT2D eigenvalue weighted by Crippen LogP contribution is 2.30. The van der Waals surface area contributed by atoms with Gasteiger partial charge in [0.1, 0.15) is 5.75 Å². The van der Waals surface area contributed by atoms with E-state index >= 15 is 0 Å². The van der Waals surface area contributed by atoms with Crippen LogP contribution in [0.5, 0.6) is 5.75 Å². The van der Waals surface area contributed by atoms with Gasteiger partial charge >= 0.3 is 0 Å². The van der Waals surface area contributed by atoms with Crippen LogP contribution in [0, 0.1) is 0 Å². The van der Waals surface area contributed by atoms with Crippen molar-refractivity contribution in [2.75, 3.05) is 20.7 Å². The number of benzene rings is 1. The molecule has 0 amide bonds. The lowest BCUT2D eigenvalue weighted by Gasteiger charge is -2.23. The fraction of sp³-hybridized carbons (Fsp3) is 0.625. The molecular weight excluding hydrogens is 236 g/mol. The summed E-state index contributed by atoms with van der Waals surface area (Å²) in [6.07, 6.45) is 4.77. The lowest BCUT2D eigenvalue weighted by molar-refractivity contribution is 0.389. The number of ether oxygens (including phenoxy) is 1. The van der Waals surface area contributed by atoms with Crippen molar-refractivity contribution in [3.8, 4) is 5.75 Å². The molecule has 1 aromatic carbocycles. The van der Waals surface area contributed by atoms with Gasteiger partial charge in [-0.1, -0.05) is 19.1 Å². The van der Waals surface area contributed by atoms with Crippen LogP contribution in [-0.4, -0.2) is 26.7 Å².